The quantitative estimate of drug-likeness (QED) is 0.877. The van der Waals surface area contributed by atoms with Gasteiger partial charge in [-0.2, -0.15) is 13.2 Å². The van der Waals surface area contributed by atoms with Gasteiger partial charge in [0, 0.05) is 17.5 Å². The normalized spacial score (nSPS) is 24.0. The molecule has 0 amide bonds. The van der Waals surface area contributed by atoms with Gasteiger partial charge in [0.1, 0.15) is 0 Å². The Morgan fingerprint density at radius 1 is 1.48 bits per heavy atom. The van der Waals surface area contributed by atoms with E-state index in [-0.39, 0.29) is 25.0 Å². The fraction of sp³-hybridized carbons (Fsp3) is 0.714. The molecule has 0 aromatic carbocycles. The Balaban J connectivity index is 2.20. The summed E-state index contributed by atoms with van der Waals surface area (Å²) >= 11 is 7.38. The van der Waals surface area contributed by atoms with Crippen molar-refractivity contribution in [3.05, 3.63) is 21.3 Å². The van der Waals surface area contributed by atoms with Gasteiger partial charge in [-0.1, -0.05) is 18.5 Å². The molecule has 7 heteroatoms. The standard InChI is InChI=1S/C14H20ClF3N2S/c1-2-10(19)13(11-5-6-12(15)21-11)20-7-3-4-9(8-20)14(16,17)18/h5-6,9-10,13H,2-4,7-8,19H2,1H3. The molecule has 1 saturated heterocycles. The molecule has 0 spiro atoms. The van der Waals surface area contributed by atoms with Crippen LogP contribution in [0.25, 0.3) is 0 Å². The van der Waals surface area contributed by atoms with Crippen molar-refractivity contribution in [2.45, 2.75) is 44.4 Å². The minimum atomic E-state index is -4.13. The maximum atomic E-state index is 13.0. The minimum absolute atomic E-state index is 0.0252. The van der Waals surface area contributed by atoms with E-state index in [1.807, 2.05) is 17.9 Å². The third kappa shape index (κ3) is 4.12. The van der Waals surface area contributed by atoms with Gasteiger partial charge in [-0.3, -0.25) is 4.90 Å². The van der Waals surface area contributed by atoms with Crippen molar-refractivity contribution < 1.29 is 13.2 Å². The molecule has 1 aromatic rings. The van der Waals surface area contributed by atoms with E-state index in [0.717, 1.165) is 4.88 Å². The van der Waals surface area contributed by atoms with Crippen molar-refractivity contribution in [1.29, 1.82) is 0 Å². The summed E-state index contributed by atoms with van der Waals surface area (Å²) in [4.78, 5) is 2.84. The summed E-state index contributed by atoms with van der Waals surface area (Å²) < 4.78 is 39.6. The molecule has 0 saturated carbocycles. The highest BCUT2D eigenvalue weighted by molar-refractivity contribution is 7.16. The van der Waals surface area contributed by atoms with Crippen molar-refractivity contribution in [2.24, 2.45) is 11.7 Å². The van der Waals surface area contributed by atoms with Crippen LogP contribution in [0.2, 0.25) is 4.34 Å². The maximum absolute atomic E-state index is 13.0. The fourth-order valence-electron chi connectivity index (χ4n) is 2.90. The van der Waals surface area contributed by atoms with E-state index in [1.54, 1.807) is 6.07 Å². The lowest BCUT2D eigenvalue weighted by Gasteiger charge is -2.40. The molecule has 0 radical (unpaired) electrons. The van der Waals surface area contributed by atoms with E-state index in [0.29, 0.717) is 23.7 Å². The molecule has 0 aliphatic carbocycles. The van der Waals surface area contributed by atoms with Gasteiger partial charge in [-0.15, -0.1) is 11.3 Å². The first-order chi connectivity index (χ1) is 9.82. The molecule has 3 atom stereocenters. The Kier molecular flexibility index (Phi) is 5.57. The first-order valence-corrected chi connectivity index (χ1v) is 8.34. The van der Waals surface area contributed by atoms with Gasteiger partial charge in [0.25, 0.3) is 0 Å². The maximum Gasteiger partial charge on any atom is 0.393 e. The van der Waals surface area contributed by atoms with Crippen LogP contribution in [-0.4, -0.2) is 30.2 Å². The summed E-state index contributed by atoms with van der Waals surface area (Å²) in [6.45, 7) is 2.63. The number of alkyl halides is 3. The van der Waals surface area contributed by atoms with Crippen LogP contribution in [-0.2, 0) is 0 Å². The Hall–Kier alpha value is -0.300. The van der Waals surface area contributed by atoms with Crippen LogP contribution in [0, 0.1) is 5.92 Å². The van der Waals surface area contributed by atoms with Crippen LogP contribution in [0.5, 0.6) is 0 Å². The van der Waals surface area contributed by atoms with Crippen molar-refractivity contribution in [3.63, 3.8) is 0 Å². The smallest absolute Gasteiger partial charge is 0.326 e. The van der Waals surface area contributed by atoms with E-state index in [1.165, 1.54) is 11.3 Å². The third-order valence-electron chi connectivity index (χ3n) is 4.07. The average Bonchev–Trinajstić information content (AvgIpc) is 2.84. The molecule has 2 nitrogen and oxygen atoms in total. The predicted octanol–water partition coefficient (Wildman–Crippen LogP) is 4.45. The Morgan fingerprint density at radius 2 is 2.19 bits per heavy atom. The molecule has 1 aliphatic rings. The predicted molar refractivity (Wildman–Crippen MR) is 80.7 cm³/mol. The molecule has 21 heavy (non-hydrogen) atoms. The number of nitrogens with zero attached hydrogens (tertiary/aromatic N) is 1. The topological polar surface area (TPSA) is 29.3 Å². The zero-order valence-corrected chi connectivity index (χ0v) is 13.4. The molecule has 1 fully saturated rings. The van der Waals surface area contributed by atoms with Crippen molar-refractivity contribution in [1.82, 2.24) is 4.90 Å². The Labute approximate surface area is 132 Å². The molecule has 1 aromatic heterocycles. The Bertz CT molecular complexity index is 463. The van der Waals surface area contributed by atoms with Gasteiger partial charge < -0.3 is 5.73 Å². The first-order valence-electron chi connectivity index (χ1n) is 7.14. The highest BCUT2D eigenvalue weighted by Gasteiger charge is 2.43. The number of likely N-dealkylation sites (tertiary alicyclic amines) is 1. The molecule has 3 unspecified atom stereocenters. The second-order valence-corrected chi connectivity index (χ2v) is 7.28. The second kappa shape index (κ2) is 6.86. The molecule has 0 bridgehead atoms. The largest absolute Gasteiger partial charge is 0.393 e. The van der Waals surface area contributed by atoms with E-state index in [4.69, 9.17) is 17.3 Å². The van der Waals surface area contributed by atoms with Crippen LogP contribution < -0.4 is 5.73 Å². The molecule has 2 rings (SSSR count). The Morgan fingerprint density at radius 3 is 2.71 bits per heavy atom. The third-order valence-corrected chi connectivity index (χ3v) is 5.37. The lowest BCUT2D eigenvalue weighted by molar-refractivity contribution is -0.189. The number of rotatable bonds is 4. The van der Waals surface area contributed by atoms with Gasteiger partial charge in [0.05, 0.1) is 16.3 Å². The van der Waals surface area contributed by atoms with Crippen LogP contribution in [0.3, 0.4) is 0 Å². The molecular weight excluding hydrogens is 321 g/mol. The molecular formula is C14H20ClF3N2S. The van der Waals surface area contributed by atoms with Crippen LogP contribution in [0.15, 0.2) is 12.1 Å². The van der Waals surface area contributed by atoms with Crippen LogP contribution in [0.1, 0.15) is 37.1 Å². The lowest BCUT2D eigenvalue weighted by atomic mass is 9.93. The SMILES string of the molecule is CCC(N)C(c1ccc(Cl)s1)N1CCCC(C(F)(F)F)C1. The average molecular weight is 341 g/mol. The number of halogens is 4. The number of hydrogen-bond donors (Lipinski definition) is 1. The molecule has 1 aliphatic heterocycles. The van der Waals surface area contributed by atoms with Crippen molar-refractivity contribution in [2.75, 3.05) is 13.1 Å². The van der Waals surface area contributed by atoms with Crippen LogP contribution >= 0.6 is 22.9 Å². The number of piperidine rings is 1. The number of nitrogens with two attached hydrogens (primary N) is 1. The van der Waals surface area contributed by atoms with Gasteiger partial charge in [-0.25, -0.2) is 0 Å². The van der Waals surface area contributed by atoms with E-state index < -0.39 is 12.1 Å². The summed E-state index contributed by atoms with van der Waals surface area (Å²) in [5.41, 5.74) is 6.18. The minimum Gasteiger partial charge on any atom is -0.326 e. The van der Waals surface area contributed by atoms with Gasteiger partial charge in [0.2, 0.25) is 0 Å². The lowest BCUT2D eigenvalue weighted by Crippen LogP contribution is -2.48. The zero-order chi connectivity index (χ0) is 15.6. The van der Waals surface area contributed by atoms with E-state index in [9.17, 15) is 13.2 Å². The summed E-state index contributed by atoms with van der Waals surface area (Å²) in [6, 6.07) is 3.29. The zero-order valence-electron chi connectivity index (χ0n) is 11.9. The second-order valence-electron chi connectivity index (χ2n) is 5.53. The van der Waals surface area contributed by atoms with Gasteiger partial charge in [0.15, 0.2) is 0 Å². The number of thiophene rings is 1. The van der Waals surface area contributed by atoms with Gasteiger partial charge >= 0.3 is 6.18 Å². The van der Waals surface area contributed by atoms with Crippen molar-refractivity contribution >= 4 is 22.9 Å². The van der Waals surface area contributed by atoms with Crippen LogP contribution in [0.4, 0.5) is 13.2 Å². The van der Waals surface area contributed by atoms with Crippen molar-refractivity contribution in [3.8, 4) is 0 Å². The summed E-state index contributed by atoms with van der Waals surface area (Å²) in [5, 5.41) is 0. The highest BCUT2D eigenvalue weighted by atomic mass is 35.5. The van der Waals surface area contributed by atoms with E-state index >= 15 is 0 Å². The van der Waals surface area contributed by atoms with Gasteiger partial charge in [-0.05, 0) is 37.9 Å². The molecule has 2 heterocycles. The fourth-order valence-corrected chi connectivity index (χ4v) is 4.17. The summed E-state index contributed by atoms with van der Waals surface area (Å²) in [7, 11) is 0. The highest BCUT2D eigenvalue weighted by Crippen LogP contribution is 2.39. The summed E-state index contributed by atoms with van der Waals surface area (Å²) in [5.74, 6) is -1.26. The molecule has 2 N–H and O–H groups in total. The number of hydrogen-bond acceptors (Lipinski definition) is 3. The van der Waals surface area contributed by atoms with E-state index in [2.05, 4.69) is 0 Å². The monoisotopic (exact) mass is 340 g/mol. The summed E-state index contributed by atoms with van der Waals surface area (Å²) in [6.07, 6.45) is -2.66. The first kappa shape index (κ1) is 17.1. The molecule has 120 valence electrons.